The average molecular weight is 530 g/mol. The summed E-state index contributed by atoms with van der Waals surface area (Å²) >= 11 is 15.0. The Morgan fingerprint density at radius 2 is 1.81 bits per heavy atom. The van der Waals surface area contributed by atoms with E-state index in [2.05, 4.69) is 40.4 Å². The molecule has 31 heavy (non-hydrogen) atoms. The van der Waals surface area contributed by atoms with Crippen molar-refractivity contribution in [3.8, 4) is 17.2 Å². The van der Waals surface area contributed by atoms with Crippen LogP contribution < -0.4 is 24.8 Å². The predicted molar refractivity (Wildman–Crippen MR) is 131 cm³/mol. The monoisotopic (exact) mass is 528 g/mol. The van der Waals surface area contributed by atoms with Crippen molar-refractivity contribution >= 4 is 50.8 Å². The number of carbonyl (C=O) groups excluding carboxylic acids is 1. The molecule has 0 fully saturated rings. The molecular formula is C22H26BrClN2O4S. The van der Waals surface area contributed by atoms with Gasteiger partial charge in [-0.05, 0) is 54.4 Å². The highest BCUT2D eigenvalue weighted by Crippen LogP contribution is 2.33. The predicted octanol–water partition coefficient (Wildman–Crippen LogP) is 5.35. The van der Waals surface area contributed by atoms with E-state index in [0.29, 0.717) is 46.9 Å². The van der Waals surface area contributed by atoms with Crippen LogP contribution in [0.1, 0.15) is 36.2 Å². The molecule has 0 saturated carbocycles. The molecule has 0 heterocycles. The molecule has 2 aromatic rings. The van der Waals surface area contributed by atoms with Gasteiger partial charge in [-0.15, -0.1) is 0 Å². The van der Waals surface area contributed by atoms with Crippen LogP contribution in [0.5, 0.6) is 17.2 Å². The van der Waals surface area contributed by atoms with Crippen LogP contribution in [0.2, 0.25) is 5.02 Å². The van der Waals surface area contributed by atoms with Gasteiger partial charge in [-0.25, -0.2) is 0 Å². The molecule has 0 aromatic heterocycles. The van der Waals surface area contributed by atoms with E-state index >= 15 is 0 Å². The number of hydrogen-bond donors (Lipinski definition) is 2. The van der Waals surface area contributed by atoms with Crippen molar-refractivity contribution in [1.29, 1.82) is 0 Å². The second kappa shape index (κ2) is 12.1. The number of thiocarbonyl (C=S) groups is 1. The first-order valence-corrected chi connectivity index (χ1v) is 11.2. The van der Waals surface area contributed by atoms with Crippen molar-refractivity contribution in [2.45, 2.75) is 26.8 Å². The van der Waals surface area contributed by atoms with Gasteiger partial charge in [0, 0.05) is 22.1 Å². The molecule has 0 atom stereocenters. The highest BCUT2D eigenvalue weighted by molar-refractivity contribution is 9.10. The van der Waals surface area contributed by atoms with Gasteiger partial charge in [0.25, 0.3) is 5.91 Å². The van der Waals surface area contributed by atoms with Gasteiger partial charge >= 0.3 is 0 Å². The lowest BCUT2D eigenvalue weighted by Crippen LogP contribution is -2.39. The van der Waals surface area contributed by atoms with Crippen molar-refractivity contribution in [1.82, 2.24) is 10.6 Å². The maximum absolute atomic E-state index is 12.8. The smallest absolute Gasteiger partial charge is 0.261 e. The zero-order valence-corrected chi connectivity index (χ0v) is 21.0. The molecule has 0 spiro atoms. The van der Waals surface area contributed by atoms with E-state index in [4.69, 9.17) is 38.0 Å². The van der Waals surface area contributed by atoms with Crippen LogP contribution in [0.3, 0.4) is 0 Å². The molecule has 6 nitrogen and oxygen atoms in total. The lowest BCUT2D eigenvalue weighted by atomic mass is 10.1. The van der Waals surface area contributed by atoms with E-state index in [9.17, 15) is 4.79 Å². The maximum atomic E-state index is 12.8. The summed E-state index contributed by atoms with van der Waals surface area (Å²) in [6.45, 7) is 5.06. The second-order valence-electron chi connectivity index (χ2n) is 7.11. The molecular weight excluding hydrogens is 504 g/mol. The van der Waals surface area contributed by atoms with Crippen molar-refractivity contribution in [3.63, 3.8) is 0 Å². The Kier molecular flexibility index (Phi) is 9.87. The number of rotatable bonds is 9. The highest BCUT2D eigenvalue weighted by Gasteiger charge is 2.16. The molecule has 2 N–H and O–H groups in total. The summed E-state index contributed by atoms with van der Waals surface area (Å²) in [6.07, 6.45) is 0.892. The van der Waals surface area contributed by atoms with Gasteiger partial charge < -0.3 is 19.5 Å². The third kappa shape index (κ3) is 7.55. The number of carbonyl (C=O) groups is 1. The van der Waals surface area contributed by atoms with Gasteiger partial charge in [0.2, 0.25) is 0 Å². The summed E-state index contributed by atoms with van der Waals surface area (Å²) in [6, 6.07) is 8.72. The molecule has 0 radical (unpaired) electrons. The van der Waals surface area contributed by atoms with Crippen LogP contribution in [0.15, 0.2) is 34.8 Å². The van der Waals surface area contributed by atoms with Gasteiger partial charge in [-0.3, -0.25) is 10.1 Å². The highest BCUT2D eigenvalue weighted by atomic mass is 79.9. The minimum atomic E-state index is -0.364. The van der Waals surface area contributed by atoms with Crippen LogP contribution in [-0.2, 0) is 6.54 Å². The van der Waals surface area contributed by atoms with Crippen LogP contribution >= 0.6 is 39.7 Å². The zero-order chi connectivity index (χ0) is 23.0. The SMILES string of the molecule is COc1cc(Cl)c(CNC(=S)NC(=O)c2cc(Br)ccc2OCCC(C)C)cc1OC. The Hall–Kier alpha value is -2.03. The number of hydrogen-bond acceptors (Lipinski definition) is 5. The van der Waals surface area contributed by atoms with Crippen LogP contribution in [0, 0.1) is 5.92 Å². The summed E-state index contributed by atoms with van der Waals surface area (Å²) in [4.78, 5) is 12.8. The average Bonchev–Trinajstić information content (AvgIpc) is 2.73. The van der Waals surface area contributed by atoms with Gasteiger partial charge in [0.1, 0.15) is 5.75 Å². The second-order valence-corrected chi connectivity index (χ2v) is 8.84. The van der Waals surface area contributed by atoms with Gasteiger partial charge in [-0.1, -0.05) is 41.4 Å². The van der Waals surface area contributed by atoms with E-state index in [1.165, 1.54) is 0 Å². The van der Waals surface area contributed by atoms with Crippen molar-refractivity contribution in [2.24, 2.45) is 5.92 Å². The number of amides is 1. The Labute approximate surface area is 201 Å². The number of benzene rings is 2. The summed E-state index contributed by atoms with van der Waals surface area (Å²) in [5.41, 5.74) is 1.14. The summed E-state index contributed by atoms with van der Waals surface area (Å²) in [7, 11) is 3.09. The van der Waals surface area contributed by atoms with Gasteiger partial charge in [-0.2, -0.15) is 0 Å². The van der Waals surface area contributed by atoms with Gasteiger partial charge in [0.05, 0.1) is 26.4 Å². The largest absolute Gasteiger partial charge is 0.493 e. The van der Waals surface area contributed by atoms with E-state index in [1.54, 1.807) is 38.5 Å². The van der Waals surface area contributed by atoms with E-state index in [0.717, 1.165) is 16.5 Å². The molecule has 0 bridgehead atoms. The minimum absolute atomic E-state index is 0.170. The lowest BCUT2D eigenvalue weighted by Gasteiger charge is -2.15. The van der Waals surface area contributed by atoms with E-state index in [1.807, 2.05) is 6.07 Å². The molecule has 0 saturated heterocycles. The normalized spacial score (nSPS) is 10.5. The van der Waals surface area contributed by atoms with E-state index in [-0.39, 0.29) is 11.0 Å². The number of ether oxygens (including phenoxy) is 3. The topological polar surface area (TPSA) is 68.8 Å². The standard InChI is InChI=1S/C22H26BrClN2O4S/c1-13(2)7-8-30-18-6-5-15(23)10-16(18)21(27)26-22(31)25-12-14-9-19(28-3)20(29-4)11-17(14)24/h5-6,9-11,13H,7-8,12H2,1-4H3,(H2,25,26,27,31). The molecule has 0 aliphatic carbocycles. The Morgan fingerprint density at radius 1 is 1.13 bits per heavy atom. The first-order valence-electron chi connectivity index (χ1n) is 9.67. The molecule has 0 aliphatic heterocycles. The molecule has 1 amide bonds. The van der Waals surface area contributed by atoms with Crippen molar-refractivity contribution in [2.75, 3.05) is 20.8 Å². The fourth-order valence-electron chi connectivity index (χ4n) is 2.63. The summed E-state index contributed by atoms with van der Waals surface area (Å²) in [5.74, 6) is 1.74. The van der Waals surface area contributed by atoms with Crippen molar-refractivity contribution < 1.29 is 19.0 Å². The number of halogens is 2. The van der Waals surface area contributed by atoms with Crippen LogP contribution in [0.4, 0.5) is 0 Å². The Balaban J connectivity index is 2.03. The fraction of sp³-hybridized carbons (Fsp3) is 0.364. The van der Waals surface area contributed by atoms with Crippen LogP contribution in [-0.4, -0.2) is 31.8 Å². The molecule has 2 aromatic carbocycles. The Morgan fingerprint density at radius 3 is 2.45 bits per heavy atom. The lowest BCUT2D eigenvalue weighted by molar-refractivity contribution is 0.0972. The quantitative estimate of drug-likeness (QED) is 0.427. The minimum Gasteiger partial charge on any atom is -0.493 e. The molecule has 9 heteroatoms. The molecule has 0 aliphatic rings. The molecule has 0 unspecified atom stereocenters. The first kappa shape index (κ1) is 25.2. The van der Waals surface area contributed by atoms with Crippen molar-refractivity contribution in [3.05, 3.63) is 51.0 Å². The summed E-state index contributed by atoms with van der Waals surface area (Å²) in [5, 5.41) is 6.34. The molecule has 2 rings (SSSR count). The number of methoxy groups -OCH3 is 2. The number of nitrogens with one attached hydrogen (secondary N) is 2. The Bertz CT molecular complexity index is 940. The van der Waals surface area contributed by atoms with Crippen LogP contribution in [0.25, 0.3) is 0 Å². The third-order valence-electron chi connectivity index (χ3n) is 4.36. The summed E-state index contributed by atoms with van der Waals surface area (Å²) < 4.78 is 17.1. The molecule has 168 valence electrons. The maximum Gasteiger partial charge on any atom is 0.261 e. The third-order valence-corrected chi connectivity index (χ3v) is 5.45. The van der Waals surface area contributed by atoms with Gasteiger partial charge in [0.15, 0.2) is 16.6 Å². The van der Waals surface area contributed by atoms with E-state index < -0.39 is 0 Å². The fourth-order valence-corrected chi connectivity index (χ4v) is 3.38. The zero-order valence-electron chi connectivity index (χ0n) is 17.9. The first-order chi connectivity index (χ1) is 14.7.